The number of carbonyl (C=O) groups excluding carboxylic acids is 1. The first-order valence-electron chi connectivity index (χ1n) is 7.33. The Morgan fingerprint density at radius 3 is 2.91 bits per heavy atom. The van der Waals surface area contributed by atoms with Gasteiger partial charge < -0.3 is 20.1 Å². The predicted octanol–water partition coefficient (Wildman–Crippen LogP) is 2.59. The van der Waals surface area contributed by atoms with Gasteiger partial charge in [0.1, 0.15) is 5.00 Å². The van der Waals surface area contributed by atoms with E-state index >= 15 is 0 Å². The van der Waals surface area contributed by atoms with Crippen LogP contribution in [0.15, 0.2) is 0 Å². The number of methoxy groups -OCH3 is 2. The molecule has 1 heterocycles. The lowest BCUT2D eigenvalue weighted by Gasteiger charge is -2.18. The van der Waals surface area contributed by atoms with Crippen LogP contribution in [0.3, 0.4) is 0 Å². The van der Waals surface area contributed by atoms with Crippen LogP contribution in [0.25, 0.3) is 0 Å². The fourth-order valence-electron chi connectivity index (χ4n) is 2.57. The largest absolute Gasteiger partial charge is 0.465 e. The molecule has 1 atom stereocenters. The highest BCUT2D eigenvalue weighted by atomic mass is 32.1. The van der Waals surface area contributed by atoms with Crippen molar-refractivity contribution in [2.75, 3.05) is 32.7 Å². The normalized spacial score (nSPS) is 16.8. The van der Waals surface area contributed by atoms with Crippen molar-refractivity contribution in [2.45, 2.75) is 26.2 Å². The smallest absolute Gasteiger partial charge is 0.341 e. The summed E-state index contributed by atoms with van der Waals surface area (Å²) in [5.41, 5.74) is 1.77. The number of carbonyl (C=O) groups is 1. The Labute approximate surface area is 140 Å². The first-order valence-corrected chi connectivity index (χ1v) is 8.56. The van der Waals surface area contributed by atoms with E-state index in [2.05, 4.69) is 17.6 Å². The molecule has 0 fully saturated rings. The van der Waals surface area contributed by atoms with Crippen LogP contribution >= 0.6 is 23.6 Å². The number of fused-ring (bicyclic) bond motifs is 1. The molecule has 0 aliphatic heterocycles. The molecular formula is C15H22N2O3S2. The van der Waals surface area contributed by atoms with E-state index in [1.54, 1.807) is 18.4 Å². The Kier molecular flexibility index (Phi) is 6.16. The van der Waals surface area contributed by atoms with Crippen molar-refractivity contribution in [3.8, 4) is 0 Å². The van der Waals surface area contributed by atoms with Crippen LogP contribution < -0.4 is 10.6 Å². The van der Waals surface area contributed by atoms with E-state index in [9.17, 15) is 4.79 Å². The molecule has 0 bridgehead atoms. The molecule has 0 radical (unpaired) electrons. The van der Waals surface area contributed by atoms with Crippen molar-refractivity contribution < 1.29 is 14.3 Å². The van der Waals surface area contributed by atoms with E-state index < -0.39 is 0 Å². The highest BCUT2D eigenvalue weighted by Crippen LogP contribution is 2.39. The minimum absolute atomic E-state index is 0.297. The summed E-state index contributed by atoms with van der Waals surface area (Å²) < 4.78 is 9.93. The minimum atomic E-state index is -0.297. The molecule has 5 nitrogen and oxygen atoms in total. The molecule has 0 saturated carbocycles. The fourth-order valence-corrected chi connectivity index (χ4v) is 4.24. The van der Waals surface area contributed by atoms with Gasteiger partial charge in [-0.1, -0.05) is 6.92 Å². The second kappa shape index (κ2) is 7.89. The molecule has 0 saturated heterocycles. The highest BCUT2D eigenvalue weighted by Gasteiger charge is 2.28. The lowest BCUT2D eigenvalue weighted by atomic mass is 9.88. The van der Waals surface area contributed by atoms with Crippen molar-refractivity contribution >= 4 is 39.6 Å². The third kappa shape index (κ3) is 3.97. The fraction of sp³-hybridized carbons (Fsp3) is 0.600. The molecule has 0 spiro atoms. The summed E-state index contributed by atoms with van der Waals surface area (Å²) in [6.07, 6.45) is 3.03. The van der Waals surface area contributed by atoms with Gasteiger partial charge in [-0.25, -0.2) is 4.79 Å². The van der Waals surface area contributed by atoms with E-state index in [1.165, 1.54) is 12.0 Å². The van der Waals surface area contributed by atoms with Gasteiger partial charge in [0.2, 0.25) is 0 Å². The van der Waals surface area contributed by atoms with Gasteiger partial charge in [0.05, 0.1) is 19.3 Å². The standard InChI is InChI=1S/C15H22N2O3S2/c1-9-4-5-10-11(8-9)22-13(12(10)14(18)20-3)17-15(21)16-6-7-19-2/h9H,4-8H2,1-3H3,(H2,16,17,21). The molecule has 22 heavy (non-hydrogen) atoms. The minimum Gasteiger partial charge on any atom is -0.465 e. The van der Waals surface area contributed by atoms with Crippen LogP contribution in [0.2, 0.25) is 0 Å². The first kappa shape index (κ1) is 17.2. The molecule has 2 rings (SSSR count). The number of ether oxygens (including phenoxy) is 2. The molecule has 7 heteroatoms. The van der Waals surface area contributed by atoms with Crippen LogP contribution in [-0.4, -0.2) is 38.5 Å². The summed E-state index contributed by atoms with van der Waals surface area (Å²) in [5, 5.41) is 7.47. The molecule has 1 aliphatic rings. The van der Waals surface area contributed by atoms with Gasteiger partial charge in [0, 0.05) is 18.5 Å². The van der Waals surface area contributed by atoms with Crippen molar-refractivity contribution in [2.24, 2.45) is 5.92 Å². The second-order valence-corrected chi connectivity index (χ2v) is 6.93. The maximum Gasteiger partial charge on any atom is 0.341 e. The average Bonchev–Trinajstić information content (AvgIpc) is 2.83. The Morgan fingerprint density at radius 2 is 2.23 bits per heavy atom. The van der Waals surface area contributed by atoms with Gasteiger partial charge in [-0.15, -0.1) is 11.3 Å². The SMILES string of the molecule is COCCNC(=S)Nc1sc2c(c1C(=O)OC)CCC(C)C2. The van der Waals surface area contributed by atoms with Gasteiger partial charge >= 0.3 is 5.97 Å². The number of thiocarbonyl (C=S) groups is 1. The maximum absolute atomic E-state index is 12.2. The first-order chi connectivity index (χ1) is 10.6. The number of hydrogen-bond donors (Lipinski definition) is 2. The summed E-state index contributed by atoms with van der Waals surface area (Å²) in [6.45, 7) is 3.44. The van der Waals surface area contributed by atoms with E-state index in [0.717, 1.165) is 29.8 Å². The number of rotatable bonds is 5. The van der Waals surface area contributed by atoms with E-state index in [4.69, 9.17) is 21.7 Å². The maximum atomic E-state index is 12.2. The number of esters is 1. The summed E-state index contributed by atoms with van der Waals surface area (Å²) in [7, 11) is 3.05. The van der Waals surface area contributed by atoms with E-state index in [-0.39, 0.29) is 5.97 Å². The number of thiophene rings is 1. The van der Waals surface area contributed by atoms with Crippen molar-refractivity contribution in [1.29, 1.82) is 0 Å². The Hall–Kier alpha value is -1.18. The summed E-state index contributed by atoms with van der Waals surface area (Å²) >= 11 is 6.88. The lowest BCUT2D eigenvalue weighted by Crippen LogP contribution is -2.31. The van der Waals surface area contributed by atoms with E-state index in [1.807, 2.05) is 0 Å². The second-order valence-electron chi connectivity index (χ2n) is 5.42. The summed E-state index contributed by atoms with van der Waals surface area (Å²) in [5.74, 6) is 0.352. The molecule has 0 amide bonds. The Bertz CT molecular complexity index is 557. The predicted molar refractivity (Wildman–Crippen MR) is 92.9 cm³/mol. The molecule has 1 aromatic heterocycles. The zero-order valence-corrected chi connectivity index (χ0v) is 14.8. The van der Waals surface area contributed by atoms with Crippen LogP contribution in [0.1, 0.15) is 34.1 Å². The zero-order valence-electron chi connectivity index (χ0n) is 13.2. The monoisotopic (exact) mass is 342 g/mol. The number of nitrogens with one attached hydrogen (secondary N) is 2. The molecule has 1 aliphatic carbocycles. The van der Waals surface area contributed by atoms with Gasteiger partial charge in [-0.2, -0.15) is 0 Å². The van der Waals surface area contributed by atoms with Crippen LogP contribution in [0, 0.1) is 5.92 Å². The Balaban J connectivity index is 2.19. The molecular weight excluding hydrogens is 320 g/mol. The highest BCUT2D eigenvalue weighted by molar-refractivity contribution is 7.80. The van der Waals surface area contributed by atoms with Gasteiger partial charge in [0.25, 0.3) is 0 Å². The van der Waals surface area contributed by atoms with Gasteiger partial charge in [-0.3, -0.25) is 0 Å². The van der Waals surface area contributed by atoms with Crippen LogP contribution in [0.5, 0.6) is 0 Å². The van der Waals surface area contributed by atoms with Crippen molar-refractivity contribution in [1.82, 2.24) is 5.32 Å². The van der Waals surface area contributed by atoms with Crippen molar-refractivity contribution in [3.63, 3.8) is 0 Å². The number of anilines is 1. The van der Waals surface area contributed by atoms with Crippen LogP contribution in [0.4, 0.5) is 5.00 Å². The molecule has 1 unspecified atom stereocenters. The molecule has 0 aromatic carbocycles. The van der Waals surface area contributed by atoms with Crippen molar-refractivity contribution in [3.05, 3.63) is 16.0 Å². The Morgan fingerprint density at radius 1 is 1.45 bits per heavy atom. The quantitative estimate of drug-likeness (QED) is 0.487. The van der Waals surface area contributed by atoms with Gasteiger partial charge in [-0.05, 0) is 43.0 Å². The third-order valence-electron chi connectivity index (χ3n) is 3.72. The molecule has 122 valence electrons. The average molecular weight is 342 g/mol. The topological polar surface area (TPSA) is 59.6 Å². The lowest BCUT2D eigenvalue weighted by molar-refractivity contribution is 0.0601. The summed E-state index contributed by atoms with van der Waals surface area (Å²) in [4.78, 5) is 13.4. The van der Waals surface area contributed by atoms with E-state index in [0.29, 0.717) is 29.7 Å². The molecule has 2 N–H and O–H groups in total. The summed E-state index contributed by atoms with van der Waals surface area (Å²) in [6, 6.07) is 0. The number of hydrogen-bond acceptors (Lipinski definition) is 5. The zero-order chi connectivity index (χ0) is 16.1. The van der Waals surface area contributed by atoms with Gasteiger partial charge in [0.15, 0.2) is 5.11 Å². The van der Waals surface area contributed by atoms with Crippen LogP contribution in [-0.2, 0) is 22.3 Å². The third-order valence-corrected chi connectivity index (χ3v) is 5.14. The molecule has 1 aromatic rings.